The third-order valence-electron chi connectivity index (χ3n) is 5.35. The normalized spacial score (nSPS) is 11.4. The van der Waals surface area contributed by atoms with E-state index in [1.54, 1.807) is 24.8 Å². The Hall–Kier alpha value is -4.46. The lowest BCUT2D eigenvalue weighted by molar-refractivity contribution is 0.627. The molecule has 0 bridgehead atoms. The minimum Gasteiger partial charge on any atom is -0.336 e. The highest BCUT2D eigenvalue weighted by Gasteiger charge is 2.17. The summed E-state index contributed by atoms with van der Waals surface area (Å²) in [6.45, 7) is 1.85. The molecule has 0 spiro atoms. The second-order valence-corrected chi connectivity index (χ2v) is 7.59. The number of fused-ring (bicyclic) bond motifs is 2. The van der Waals surface area contributed by atoms with E-state index in [1.807, 2.05) is 37.3 Å². The van der Waals surface area contributed by atoms with Crippen molar-refractivity contribution in [2.45, 2.75) is 6.92 Å². The van der Waals surface area contributed by atoms with Crippen molar-refractivity contribution in [1.29, 1.82) is 0 Å². The molecule has 0 aliphatic heterocycles. The number of aromatic nitrogens is 7. The van der Waals surface area contributed by atoms with Crippen molar-refractivity contribution in [3.63, 3.8) is 0 Å². The fourth-order valence-corrected chi connectivity index (χ4v) is 3.90. The summed E-state index contributed by atoms with van der Waals surface area (Å²) < 4.78 is 14.0. The van der Waals surface area contributed by atoms with Crippen molar-refractivity contribution in [3.05, 3.63) is 78.6 Å². The predicted octanol–water partition coefficient (Wildman–Crippen LogP) is 5.07. The predicted molar refractivity (Wildman–Crippen MR) is 120 cm³/mol. The van der Waals surface area contributed by atoms with Crippen molar-refractivity contribution in [2.24, 2.45) is 0 Å². The van der Waals surface area contributed by atoms with Gasteiger partial charge in [0.1, 0.15) is 17.0 Å². The Kier molecular flexibility index (Phi) is 4.04. The Morgan fingerprint density at radius 2 is 1.81 bits per heavy atom. The zero-order chi connectivity index (χ0) is 21.7. The van der Waals surface area contributed by atoms with Gasteiger partial charge in [0.25, 0.3) is 0 Å². The van der Waals surface area contributed by atoms with Gasteiger partial charge < -0.3 is 4.98 Å². The monoisotopic (exact) mass is 421 g/mol. The number of benzene rings is 1. The van der Waals surface area contributed by atoms with Gasteiger partial charge in [0.05, 0.1) is 28.6 Å². The average molecular weight is 421 g/mol. The number of nitrogens with zero attached hydrogens (tertiary/aromatic N) is 5. The molecule has 0 atom stereocenters. The van der Waals surface area contributed by atoms with Crippen LogP contribution >= 0.6 is 0 Å². The standard InChI is InChI=1S/C24H16FN7/c1-13-7-15(9-16(25)8-13)21-23-18(4-6-27-21)29-24(30-23)22-17-10-19(14-3-2-5-26-11-14)28-12-20(17)31-32-22/h2-12H,1H3,(H,29,30)(H,31,32). The lowest BCUT2D eigenvalue weighted by Crippen LogP contribution is -1.88. The van der Waals surface area contributed by atoms with E-state index in [9.17, 15) is 4.39 Å². The molecule has 32 heavy (non-hydrogen) atoms. The largest absolute Gasteiger partial charge is 0.336 e. The van der Waals surface area contributed by atoms with Gasteiger partial charge in [-0.2, -0.15) is 5.10 Å². The van der Waals surface area contributed by atoms with Crippen LogP contribution in [0.4, 0.5) is 4.39 Å². The summed E-state index contributed by atoms with van der Waals surface area (Å²) >= 11 is 0. The van der Waals surface area contributed by atoms with Crippen molar-refractivity contribution in [3.8, 4) is 34.0 Å². The van der Waals surface area contributed by atoms with Crippen molar-refractivity contribution < 1.29 is 4.39 Å². The molecule has 0 saturated carbocycles. The van der Waals surface area contributed by atoms with Crippen LogP contribution in [0.1, 0.15) is 5.56 Å². The number of nitrogens with one attached hydrogen (secondary N) is 2. The number of hydrogen-bond acceptors (Lipinski definition) is 5. The molecular weight excluding hydrogens is 405 g/mol. The molecule has 0 aliphatic rings. The van der Waals surface area contributed by atoms with Crippen molar-refractivity contribution in [1.82, 2.24) is 35.1 Å². The minimum absolute atomic E-state index is 0.303. The van der Waals surface area contributed by atoms with Crippen molar-refractivity contribution in [2.75, 3.05) is 0 Å². The van der Waals surface area contributed by atoms with Crippen LogP contribution in [0.3, 0.4) is 0 Å². The van der Waals surface area contributed by atoms with E-state index in [1.165, 1.54) is 12.1 Å². The number of aromatic amines is 2. The van der Waals surface area contributed by atoms with Crippen LogP contribution in [0, 0.1) is 12.7 Å². The Morgan fingerprint density at radius 1 is 0.875 bits per heavy atom. The molecule has 0 amide bonds. The van der Waals surface area contributed by atoms with Crippen LogP contribution < -0.4 is 0 Å². The lowest BCUT2D eigenvalue weighted by atomic mass is 10.1. The molecule has 0 saturated heterocycles. The molecule has 154 valence electrons. The maximum atomic E-state index is 14.0. The second-order valence-electron chi connectivity index (χ2n) is 7.59. The summed E-state index contributed by atoms with van der Waals surface area (Å²) in [6.07, 6.45) is 6.94. The van der Waals surface area contributed by atoms with Crippen LogP contribution in [0.2, 0.25) is 0 Å². The summed E-state index contributed by atoms with van der Waals surface area (Å²) in [4.78, 5) is 21.3. The van der Waals surface area contributed by atoms with Gasteiger partial charge in [-0.25, -0.2) is 9.37 Å². The summed E-state index contributed by atoms with van der Waals surface area (Å²) in [5, 5.41) is 8.37. The summed E-state index contributed by atoms with van der Waals surface area (Å²) in [6, 6.07) is 12.5. The number of halogens is 1. The van der Waals surface area contributed by atoms with Crippen LogP contribution in [-0.2, 0) is 0 Å². The second kappa shape index (κ2) is 7.05. The summed E-state index contributed by atoms with van der Waals surface area (Å²) in [7, 11) is 0. The molecule has 6 aromatic rings. The highest BCUT2D eigenvalue weighted by Crippen LogP contribution is 2.31. The minimum atomic E-state index is -0.303. The molecule has 0 aliphatic carbocycles. The molecule has 5 aromatic heterocycles. The Labute approximate surface area is 181 Å². The van der Waals surface area contributed by atoms with E-state index in [2.05, 4.69) is 30.1 Å². The Bertz CT molecular complexity index is 1580. The molecule has 0 unspecified atom stereocenters. The van der Waals surface area contributed by atoms with Crippen LogP contribution in [-0.4, -0.2) is 35.1 Å². The maximum absolute atomic E-state index is 14.0. The van der Waals surface area contributed by atoms with Gasteiger partial charge in [-0.1, -0.05) is 0 Å². The van der Waals surface area contributed by atoms with Gasteiger partial charge in [0.2, 0.25) is 0 Å². The number of pyridine rings is 3. The van der Waals surface area contributed by atoms with Crippen molar-refractivity contribution >= 4 is 21.9 Å². The van der Waals surface area contributed by atoms with E-state index in [4.69, 9.17) is 4.98 Å². The number of hydrogen-bond donors (Lipinski definition) is 2. The van der Waals surface area contributed by atoms with E-state index in [-0.39, 0.29) is 5.82 Å². The summed E-state index contributed by atoms with van der Waals surface area (Å²) in [5.41, 5.74) is 6.75. The van der Waals surface area contributed by atoms with Gasteiger partial charge in [0, 0.05) is 35.1 Å². The van der Waals surface area contributed by atoms with Gasteiger partial charge in [-0.15, -0.1) is 0 Å². The fourth-order valence-electron chi connectivity index (χ4n) is 3.90. The molecule has 0 fully saturated rings. The topological polar surface area (TPSA) is 96.0 Å². The first kappa shape index (κ1) is 18.3. The van der Waals surface area contributed by atoms with E-state index >= 15 is 0 Å². The summed E-state index contributed by atoms with van der Waals surface area (Å²) in [5.74, 6) is 0.292. The molecular formula is C24H16FN7. The number of rotatable bonds is 3. The molecule has 2 N–H and O–H groups in total. The first-order valence-corrected chi connectivity index (χ1v) is 10.0. The first-order chi connectivity index (χ1) is 15.7. The Morgan fingerprint density at radius 3 is 2.66 bits per heavy atom. The van der Waals surface area contributed by atoms with Crippen LogP contribution in [0.5, 0.6) is 0 Å². The van der Waals surface area contributed by atoms with E-state index < -0.39 is 0 Å². The maximum Gasteiger partial charge on any atom is 0.159 e. The van der Waals surface area contributed by atoms with Gasteiger partial charge in [-0.3, -0.25) is 20.1 Å². The molecule has 5 heterocycles. The third kappa shape index (κ3) is 3.01. The zero-order valence-corrected chi connectivity index (χ0v) is 17.0. The molecule has 7 nitrogen and oxygen atoms in total. The molecule has 1 aromatic carbocycles. The van der Waals surface area contributed by atoms with E-state index in [0.29, 0.717) is 28.3 Å². The average Bonchev–Trinajstić information content (AvgIpc) is 3.42. The fraction of sp³-hybridized carbons (Fsp3) is 0.0417. The van der Waals surface area contributed by atoms with Gasteiger partial charge in [-0.05, 0) is 55.0 Å². The van der Waals surface area contributed by atoms with Gasteiger partial charge in [0.15, 0.2) is 5.82 Å². The lowest BCUT2D eigenvalue weighted by Gasteiger charge is -2.03. The zero-order valence-electron chi connectivity index (χ0n) is 17.0. The SMILES string of the molecule is Cc1cc(F)cc(-c2nccc3[nH]c(-c4n[nH]c5cnc(-c6cccnc6)cc45)nc23)c1. The van der Waals surface area contributed by atoms with Crippen LogP contribution in [0.25, 0.3) is 56.0 Å². The molecule has 8 heteroatoms. The quantitative estimate of drug-likeness (QED) is 0.416. The number of imidazole rings is 1. The first-order valence-electron chi connectivity index (χ1n) is 10.0. The number of H-pyrrole nitrogens is 2. The number of aryl methyl sites for hydroxylation is 1. The molecule has 6 rings (SSSR count). The Balaban J connectivity index is 1.52. The van der Waals surface area contributed by atoms with Crippen LogP contribution in [0.15, 0.2) is 67.3 Å². The highest BCUT2D eigenvalue weighted by atomic mass is 19.1. The molecule has 0 radical (unpaired) electrons. The van der Waals surface area contributed by atoms with E-state index in [0.717, 1.165) is 33.2 Å². The van der Waals surface area contributed by atoms with Gasteiger partial charge >= 0.3 is 0 Å². The third-order valence-corrected chi connectivity index (χ3v) is 5.35. The smallest absolute Gasteiger partial charge is 0.159 e. The highest BCUT2D eigenvalue weighted by molar-refractivity contribution is 5.96.